The maximum Gasteiger partial charge on any atom is 0.328 e. The van der Waals surface area contributed by atoms with Crippen molar-refractivity contribution in [1.29, 1.82) is 0 Å². The van der Waals surface area contributed by atoms with Gasteiger partial charge in [0.2, 0.25) is 5.91 Å². The molecule has 0 radical (unpaired) electrons. The van der Waals surface area contributed by atoms with Crippen molar-refractivity contribution in [2.45, 2.75) is 51.1 Å². The van der Waals surface area contributed by atoms with Crippen molar-refractivity contribution in [2.24, 2.45) is 11.8 Å². The molecule has 5 nitrogen and oxygen atoms in total. The van der Waals surface area contributed by atoms with Crippen LogP contribution in [0.1, 0.15) is 39.0 Å². The molecule has 0 spiro atoms. The van der Waals surface area contributed by atoms with Crippen LogP contribution in [0.4, 0.5) is 0 Å². The highest BCUT2D eigenvalue weighted by molar-refractivity contribution is 5.83. The minimum atomic E-state index is -0.505. The number of ether oxygens (including phenoxy) is 1. The summed E-state index contributed by atoms with van der Waals surface area (Å²) < 4.78 is 4.79. The van der Waals surface area contributed by atoms with Crippen molar-refractivity contribution in [3.63, 3.8) is 0 Å². The number of methoxy groups -OCH3 is 1. The minimum absolute atomic E-state index is 0.179. The van der Waals surface area contributed by atoms with E-state index in [-0.39, 0.29) is 11.9 Å². The first kappa shape index (κ1) is 14.3. The van der Waals surface area contributed by atoms with Crippen LogP contribution in [0.15, 0.2) is 0 Å². The van der Waals surface area contributed by atoms with Gasteiger partial charge in [0.15, 0.2) is 0 Å². The molecule has 1 amide bonds. The van der Waals surface area contributed by atoms with Gasteiger partial charge >= 0.3 is 5.97 Å². The summed E-state index contributed by atoms with van der Waals surface area (Å²) in [5.74, 6) is 0.590. The Bertz CT molecular complexity index is 346. The summed E-state index contributed by atoms with van der Waals surface area (Å²) in [7, 11) is 1.37. The van der Waals surface area contributed by atoms with E-state index >= 15 is 0 Å². The summed E-state index contributed by atoms with van der Waals surface area (Å²) in [6.07, 6.45) is 5.73. The topological polar surface area (TPSA) is 67.4 Å². The lowest BCUT2D eigenvalue weighted by Gasteiger charge is -2.29. The highest BCUT2D eigenvalue weighted by Gasteiger charge is 2.39. The average Bonchev–Trinajstić information content (AvgIpc) is 2.80. The number of hydrogen-bond donors (Lipinski definition) is 2. The number of esters is 1. The Morgan fingerprint density at radius 2 is 2.11 bits per heavy atom. The van der Waals surface area contributed by atoms with Crippen molar-refractivity contribution in [1.82, 2.24) is 10.6 Å². The second-order valence-electron chi connectivity index (χ2n) is 5.74. The van der Waals surface area contributed by atoms with E-state index in [2.05, 4.69) is 10.6 Å². The molecule has 2 N–H and O–H groups in total. The SMILES string of the molecule is COC(=O)C(CC1CNC2CCCCC12)NC(C)=O. The van der Waals surface area contributed by atoms with E-state index in [1.807, 2.05) is 0 Å². The van der Waals surface area contributed by atoms with Crippen LogP contribution in [0, 0.1) is 11.8 Å². The van der Waals surface area contributed by atoms with Crippen LogP contribution >= 0.6 is 0 Å². The predicted molar refractivity (Wildman–Crippen MR) is 71.5 cm³/mol. The quantitative estimate of drug-likeness (QED) is 0.741. The Balaban J connectivity index is 1.96. The number of carbonyl (C=O) groups is 2. The molecule has 5 heteroatoms. The van der Waals surface area contributed by atoms with E-state index in [1.165, 1.54) is 39.7 Å². The summed E-state index contributed by atoms with van der Waals surface area (Å²) in [6, 6.07) is 0.101. The lowest BCUT2D eigenvalue weighted by atomic mass is 9.77. The molecular formula is C14H24N2O3. The van der Waals surface area contributed by atoms with E-state index in [0.717, 1.165) is 6.54 Å². The molecule has 2 aliphatic rings. The van der Waals surface area contributed by atoms with Crippen LogP contribution in [0.5, 0.6) is 0 Å². The summed E-state index contributed by atoms with van der Waals surface area (Å²) in [6.45, 7) is 2.38. The van der Waals surface area contributed by atoms with Crippen molar-refractivity contribution in [2.75, 3.05) is 13.7 Å². The number of carbonyl (C=O) groups excluding carboxylic acids is 2. The molecule has 4 unspecified atom stereocenters. The summed E-state index contributed by atoms with van der Waals surface area (Å²) >= 11 is 0. The van der Waals surface area contributed by atoms with Gasteiger partial charge in [-0.15, -0.1) is 0 Å². The van der Waals surface area contributed by atoms with Gasteiger partial charge < -0.3 is 15.4 Å². The van der Waals surface area contributed by atoms with Gasteiger partial charge in [-0.2, -0.15) is 0 Å². The number of amides is 1. The van der Waals surface area contributed by atoms with Crippen LogP contribution < -0.4 is 10.6 Å². The summed E-state index contributed by atoms with van der Waals surface area (Å²) in [4.78, 5) is 22.9. The fourth-order valence-electron chi connectivity index (χ4n) is 3.59. The second kappa shape index (κ2) is 6.37. The third-order valence-corrected chi connectivity index (χ3v) is 4.47. The number of rotatable bonds is 4. The van der Waals surface area contributed by atoms with Gasteiger partial charge in [-0.25, -0.2) is 4.79 Å². The first-order valence-electron chi connectivity index (χ1n) is 7.20. The monoisotopic (exact) mass is 268 g/mol. The average molecular weight is 268 g/mol. The molecule has 0 aromatic carbocycles. The highest BCUT2D eigenvalue weighted by atomic mass is 16.5. The number of nitrogens with one attached hydrogen (secondary N) is 2. The van der Waals surface area contributed by atoms with E-state index in [0.29, 0.717) is 24.3 Å². The maximum absolute atomic E-state index is 11.7. The molecule has 1 saturated carbocycles. The molecule has 1 saturated heterocycles. The van der Waals surface area contributed by atoms with Gasteiger partial charge in [-0.3, -0.25) is 4.79 Å². The van der Waals surface area contributed by atoms with E-state index < -0.39 is 6.04 Å². The number of fused-ring (bicyclic) bond motifs is 1. The van der Waals surface area contributed by atoms with Crippen LogP contribution in [0.2, 0.25) is 0 Å². The smallest absolute Gasteiger partial charge is 0.328 e. The van der Waals surface area contributed by atoms with Crippen molar-refractivity contribution < 1.29 is 14.3 Å². The predicted octanol–water partition coefficient (Wildman–Crippen LogP) is 0.832. The Hall–Kier alpha value is -1.10. The molecule has 4 atom stereocenters. The highest BCUT2D eigenvalue weighted by Crippen LogP contribution is 2.36. The minimum Gasteiger partial charge on any atom is -0.467 e. The van der Waals surface area contributed by atoms with Crippen LogP contribution in [-0.2, 0) is 14.3 Å². The van der Waals surface area contributed by atoms with Crippen LogP contribution in [-0.4, -0.2) is 37.6 Å². The molecule has 2 rings (SSSR count). The zero-order chi connectivity index (χ0) is 13.8. The van der Waals surface area contributed by atoms with Crippen molar-refractivity contribution in [3.05, 3.63) is 0 Å². The lowest BCUT2D eigenvalue weighted by molar-refractivity contribution is -0.145. The molecule has 0 aromatic rings. The Morgan fingerprint density at radius 1 is 1.37 bits per heavy atom. The number of hydrogen-bond acceptors (Lipinski definition) is 4. The van der Waals surface area contributed by atoms with Crippen molar-refractivity contribution in [3.8, 4) is 0 Å². The third-order valence-electron chi connectivity index (χ3n) is 4.47. The van der Waals surface area contributed by atoms with Gasteiger partial charge in [-0.1, -0.05) is 12.8 Å². The molecule has 0 aromatic heterocycles. The largest absolute Gasteiger partial charge is 0.467 e. The fraction of sp³-hybridized carbons (Fsp3) is 0.857. The molecular weight excluding hydrogens is 244 g/mol. The van der Waals surface area contributed by atoms with Gasteiger partial charge in [-0.05, 0) is 37.6 Å². The van der Waals surface area contributed by atoms with Crippen LogP contribution in [0.3, 0.4) is 0 Å². The maximum atomic E-state index is 11.7. The van der Waals surface area contributed by atoms with E-state index in [1.54, 1.807) is 0 Å². The molecule has 1 heterocycles. The zero-order valence-electron chi connectivity index (χ0n) is 11.8. The van der Waals surface area contributed by atoms with Crippen LogP contribution in [0.25, 0.3) is 0 Å². The Kier molecular flexibility index (Phi) is 4.80. The van der Waals surface area contributed by atoms with E-state index in [9.17, 15) is 9.59 Å². The summed E-state index contributed by atoms with van der Waals surface area (Å²) in [5, 5.41) is 6.27. The normalized spacial score (nSPS) is 31.4. The molecule has 1 aliphatic heterocycles. The standard InChI is InChI=1S/C14H24N2O3/c1-9(17)16-13(14(18)19-2)7-10-8-15-12-6-4-3-5-11(10)12/h10-13,15H,3-8H2,1-2H3,(H,16,17). The molecule has 108 valence electrons. The zero-order valence-corrected chi connectivity index (χ0v) is 11.8. The molecule has 0 bridgehead atoms. The summed E-state index contributed by atoms with van der Waals surface area (Å²) in [5.41, 5.74) is 0. The van der Waals surface area contributed by atoms with E-state index in [4.69, 9.17) is 4.74 Å². The van der Waals surface area contributed by atoms with Crippen molar-refractivity contribution >= 4 is 11.9 Å². The third kappa shape index (κ3) is 3.47. The first-order chi connectivity index (χ1) is 9.11. The second-order valence-corrected chi connectivity index (χ2v) is 5.74. The Labute approximate surface area is 114 Å². The molecule has 1 aliphatic carbocycles. The van der Waals surface area contributed by atoms with Gasteiger partial charge in [0.25, 0.3) is 0 Å². The molecule has 19 heavy (non-hydrogen) atoms. The van der Waals surface area contributed by atoms with Gasteiger partial charge in [0.05, 0.1) is 7.11 Å². The fourth-order valence-corrected chi connectivity index (χ4v) is 3.59. The first-order valence-corrected chi connectivity index (χ1v) is 7.20. The Morgan fingerprint density at radius 3 is 2.79 bits per heavy atom. The lowest BCUT2D eigenvalue weighted by Crippen LogP contribution is -2.42. The van der Waals surface area contributed by atoms with Gasteiger partial charge in [0.1, 0.15) is 6.04 Å². The van der Waals surface area contributed by atoms with Gasteiger partial charge in [0, 0.05) is 13.0 Å². The molecule has 2 fully saturated rings.